The second kappa shape index (κ2) is 5.37. The molecule has 3 nitrogen and oxygen atoms in total. The van der Waals surface area contributed by atoms with Crippen LogP contribution in [0.3, 0.4) is 0 Å². The number of likely N-dealkylation sites (tertiary alicyclic amines) is 1. The van der Waals surface area contributed by atoms with Gasteiger partial charge in [-0.05, 0) is 44.0 Å². The zero-order valence-electron chi connectivity index (χ0n) is 12.0. The first-order chi connectivity index (χ1) is 9.61. The Balaban J connectivity index is 1.49. The minimum absolute atomic E-state index is 0.165. The van der Waals surface area contributed by atoms with Crippen LogP contribution in [0.4, 0.5) is 4.39 Å². The molecule has 0 saturated carbocycles. The molecular formula is C16H20FN3. The van der Waals surface area contributed by atoms with E-state index in [0.717, 1.165) is 31.7 Å². The van der Waals surface area contributed by atoms with Crippen LogP contribution in [0.1, 0.15) is 23.0 Å². The van der Waals surface area contributed by atoms with Crippen molar-refractivity contribution >= 4 is 0 Å². The minimum Gasteiger partial charge on any atom is -0.299 e. The molecule has 0 unspecified atom stereocenters. The Labute approximate surface area is 119 Å². The Hall–Kier alpha value is -1.68. The maximum atomic E-state index is 12.8. The maximum absolute atomic E-state index is 12.8. The molecule has 1 saturated heterocycles. The summed E-state index contributed by atoms with van der Waals surface area (Å²) >= 11 is 0. The number of hydrogen-bond donors (Lipinski definition) is 0. The van der Waals surface area contributed by atoms with Gasteiger partial charge >= 0.3 is 0 Å². The molecule has 0 N–H and O–H groups in total. The van der Waals surface area contributed by atoms with Gasteiger partial charge in [-0.25, -0.2) is 4.39 Å². The van der Waals surface area contributed by atoms with Gasteiger partial charge in [0.1, 0.15) is 5.82 Å². The van der Waals surface area contributed by atoms with Gasteiger partial charge in [-0.2, -0.15) is 5.10 Å². The summed E-state index contributed by atoms with van der Waals surface area (Å²) in [6.45, 7) is 7.30. The number of aromatic nitrogens is 2. The van der Waals surface area contributed by atoms with E-state index in [2.05, 4.69) is 27.7 Å². The number of benzene rings is 1. The fourth-order valence-corrected chi connectivity index (χ4v) is 2.83. The molecule has 3 rings (SSSR count). The average molecular weight is 273 g/mol. The minimum atomic E-state index is -0.165. The van der Waals surface area contributed by atoms with Crippen LogP contribution < -0.4 is 0 Å². The predicted molar refractivity (Wildman–Crippen MR) is 77.3 cm³/mol. The fraction of sp³-hybridized carbons (Fsp3) is 0.438. The summed E-state index contributed by atoms with van der Waals surface area (Å²) in [6, 6.07) is 9.44. The molecule has 1 aliphatic heterocycles. The Morgan fingerprint density at radius 1 is 1.20 bits per heavy atom. The number of hydrogen-bond acceptors (Lipinski definition) is 2. The number of nitrogens with zero attached hydrogens (tertiary/aromatic N) is 3. The first kappa shape index (κ1) is 13.3. The van der Waals surface area contributed by atoms with Crippen LogP contribution in [0, 0.1) is 19.7 Å². The van der Waals surface area contributed by atoms with Gasteiger partial charge in [0, 0.05) is 25.3 Å². The molecule has 20 heavy (non-hydrogen) atoms. The van der Waals surface area contributed by atoms with Crippen molar-refractivity contribution in [1.29, 1.82) is 0 Å². The average Bonchev–Trinajstić information content (AvgIpc) is 2.69. The highest BCUT2D eigenvalue weighted by Gasteiger charge is 2.29. The topological polar surface area (TPSA) is 21.1 Å². The summed E-state index contributed by atoms with van der Waals surface area (Å²) in [5, 5.41) is 4.54. The van der Waals surface area contributed by atoms with Gasteiger partial charge in [0.25, 0.3) is 0 Å². The van der Waals surface area contributed by atoms with Gasteiger partial charge in [-0.3, -0.25) is 9.58 Å². The number of halogens is 1. The first-order valence-electron chi connectivity index (χ1n) is 7.11. The van der Waals surface area contributed by atoms with E-state index in [4.69, 9.17) is 0 Å². The predicted octanol–water partition coefficient (Wildman–Crippen LogP) is 2.74. The molecule has 1 aromatic heterocycles. The van der Waals surface area contributed by atoms with E-state index in [1.54, 1.807) is 0 Å². The zero-order valence-corrected chi connectivity index (χ0v) is 12.0. The van der Waals surface area contributed by atoms with Gasteiger partial charge in [-0.1, -0.05) is 12.1 Å². The summed E-state index contributed by atoms with van der Waals surface area (Å²) in [6.07, 6.45) is 0.976. The van der Waals surface area contributed by atoms with Crippen molar-refractivity contribution in [2.45, 2.75) is 26.3 Å². The molecule has 2 aromatic rings. The van der Waals surface area contributed by atoms with E-state index in [1.165, 1.54) is 23.4 Å². The normalized spacial score (nSPS) is 16.4. The second-order valence-electron chi connectivity index (χ2n) is 5.66. The van der Waals surface area contributed by atoms with Crippen LogP contribution in [0.15, 0.2) is 30.3 Å². The van der Waals surface area contributed by atoms with Crippen LogP contribution >= 0.6 is 0 Å². The van der Waals surface area contributed by atoms with Crippen molar-refractivity contribution in [2.24, 2.45) is 0 Å². The molecule has 0 bridgehead atoms. The summed E-state index contributed by atoms with van der Waals surface area (Å²) in [4.78, 5) is 2.42. The summed E-state index contributed by atoms with van der Waals surface area (Å²) in [5.74, 6) is -0.165. The quantitative estimate of drug-likeness (QED) is 0.854. The molecule has 2 heterocycles. The Morgan fingerprint density at radius 2 is 1.90 bits per heavy atom. The van der Waals surface area contributed by atoms with Crippen molar-refractivity contribution in [3.63, 3.8) is 0 Å². The smallest absolute Gasteiger partial charge is 0.123 e. The highest BCUT2D eigenvalue weighted by atomic mass is 19.1. The Kier molecular flexibility index (Phi) is 3.57. The highest BCUT2D eigenvalue weighted by molar-refractivity contribution is 5.16. The molecule has 0 radical (unpaired) electrons. The van der Waals surface area contributed by atoms with Crippen LogP contribution in [0.25, 0.3) is 0 Å². The first-order valence-corrected chi connectivity index (χ1v) is 7.11. The Bertz CT molecular complexity index is 582. The molecular weight excluding hydrogens is 253 g/mol. The van der Waals surface area contributed by atoms with E-state index < -0.39 is 0 Å². The van der Waals surface area contributed by atoms with Gasteiger partial charge < -0.3 is 0 Å². The van der Waals surface area contributed by atoms with Crippen LogP contribution in [-0.4, -0.2) is 34.3 Å². The monoisotopic (exact) mass is 273 g/mol. The number of aryl methyl sites for hydroxylation is 2. The van der Waals surface area contributed by atoms with Crippen molar-refractivity contribution in [1.82, 2.24) is 14.7 Å². The van der Waals surface area contributed by atoms with E-state index in [0.29, 0.717) is 6.04 Å². The molecule has 0 spiro atoms. The van der Waals surface area contributed by atoms with Crippen molar-refractivity contribution in [2.75, 3.05) is 19.6 Å². The molecule has 0 aliphatic carbocycles. The fourth-order valence-electron chi connectivity index (χ4n) is 2.83. The largest absolute Gasteiger partial charge is 0.299 e. The molecule has 1 aromatic carbocycles. The highest BCUT2D eigenvalue weighted by Crippen LogP contribution is 2.22. The third-order valence-electron chi connectivity index (χ3n) is 3.96. The van der Waals surface area contributed by atoms with Crippen molar-refractivity contribution in [3.05, 3.63) is 53.1 Å². The van der Waals surface area contributed by atoms with Crippen LogP contribution in [0.5, 0.6) is 0 Å². The summed E-state index contributed by atoms with van der Waals surface area (Å²) in [5.41, 5.74) is 3.53. The van der Waals surface area contributed by atoms with E-state index in [1.807, 2.05) is 19.1 Å². The molecule has 106 valence electrons. The number of rotatable bonds is 4. The lowest BCUT2D eigenvalue weighted by Crippen LogP contribution is -2.48. The lowest BCUT2D eigenvalue weighted by atomic mass is 10.1. The maximum Gasteiger partial charge on any atom is 0.123 e. The summed E-state index contributed by atoms with van der Waals surface area (Å²) in [7, 11) is 0. The summed E-state index contributed by atoms with van der Waals surface area (Å²) < 4.78 is 15.0. The second-order valence-corrected chi connectivity index (χ2v) is 5.66. The van der Waals surface area contributed by atoms with Gasteiger partial charge in [0.2, 0.25) is 0 Å². The van der Waals surface area contributed by atoms with Crippen LogP contribution in [0.2, 0.25) is 0 Å². The van der Waals surface area contributed by atoms with Crippen molar-refractivity contribution in [3.8, 4) is 0 Å². The zero-order chi connectivity index (χ0) is 14.1. The molecule has 1 fully saturated rings. The Morgan fingerprint density at radius 3 is 2.50 bits per heavy atom. The van der Waals surface area contributed by atoms with E-state index in [-0.39, 0.29) is 5.82 Å². The SMILES string of the molecule is Cc1cc(C)n(C2CN(CCc3ccc(F)cc3)C2)n1. The van der Waals surface area contributed by atoms with Crippen molar-refractivity contribution < 1.29 is 4.39 Å². The van der Waals surface area contributed by atoms with Crippen LogP contribution in [-0.2, 0) is 6.42 Å². The third kappa shape index (κ3) is 2.75. The van der Waals surface area contributed by atoms with E-state index >= 15 is 0 Å². The third-order valence-corrected chi connectivity index (χ3v) is 3.96. The molecule has 0 atom stereocenters. The molecule has 0 amide bonds. The van der Waals surface area contributed by atoms with Gasteiger partial charge in [-0.15, -0.1) is 0 Å². The van der Waals surface area contributed by atoms with Gasteiger partial charge in [0.05, 0.1) is 11.7 Å². The van der Waals surface area contributed by atoms with E-state index in [9.17, 15) is 4.39 Å². The molecule has 1 aliphatic rings. The van der Waals surface area contributed by atoms with Gasteiger partial charge in [0.15, 0.2) is 0 Å². The molecule has 4 heteroatoms. The lowest BCUT2D eigenvalue weighted by molar-refractivity contribution is 0.0985. The lowest BCUT2D eigenvalue weighted by Gasteiger charge is -2.39. The standard InChI is InChI=1S/C16H20FN3/c1-12-9-13(2)20(18-12)16-10-19(11-16)8-7-14-3-5-15(17)6-4-14/h3-6,9,16H,7-8,10-11H2,1-2H3.